The van der Waals surface area contributed by atoms with Gasteiger partial charge in [-0.2, -0.15) is 0 Å². The van der Waals surface area contributed by atoms with E-state index in [9.17, 15) is 0 Å². The topological polar surface area (TPSA) is 43.2 Å². The van der Waals surface area contributed by atoms with Gasteiger partial charge in [0.1, 0.15) is 5.69 Å². The van der Waals surface area contributed by atoms with E-state index in [1.54, 1.807) is 0 Å². The lowest BCUT2D eigenvalue weighted by atomic mass is 10.2. The van der Waals surface area contributed by atoms with Crippen LogP contribution in [-0.2, 0) is 17.8 Å². The van der Waals surface area contributed by atoms with E-state index in [0.717, 1.165) is 29.9 Å². The minimum Gasteiger partial charge on any atom is -0.356 e. The molecule has 2 aromatic carbocycles. The summed E-state index contributed by atoms with van der Waals surface area (Å²) >= 11 is 3.50. The van der Waals surface area contributed by atoms with Crippen LogP contribution in [-0.4, -0.2) is 33.0 Å². The highest BCUT2D eigenvalue weighted by molar-refractivity contribution is 9.10. The maximum Gasteiger partial charge on any atom is 0.157 e. The van der Waals surface area contributed by atoms with Crippen molar-refractivity contribution in [2.45, 2.75) is 19.3 Å². The first kappa shape index (κ1) is 16.4. The SMILES string of the molecule is Brc1cccc(Cn2cc(C3OCCN3Cc3ccccc3)nn2)c1. The van der Waals surface area contributed by atoms with E-state index in [2.05, 4.69) is 67.5 Å². The van der Waals surface area contributed by atoms with Crippen molar-refractivity contribution in [3.05, 3.63) is 82.1 Å². The van der Waals surface area contributed by atoms with E-state index in [1.807, 2.05) is 29.1 Å². The number of ether oxygens (including phenoxy) is 1. The third-order valence-electron chi connectivity index (χ3n) is 4.26. The van der Waals surface area contributed by atoms with E-state index in [-0.39, 0.29) is 6.23 Å². The summed E-state index contributed by atoms with van der Waals surface area (Å²) in [6.45, 7) is 3.16. The largest absolute Gasteiger partial charge is 0.356 e. The molecule has 1 fully saturated rings. The molecule has 4 rings (SSSR count). The Morgan fingerprint density at radius 1 is 1.04 bits per heavy atom. The highest BCUT2D eigenvalue weighted by atomic mass is 79.9. The van der Waals surface area contributed by atoms with Crippen LogP contribution in [0.15, 0.2) is 65.3 Å². The monoisotopic (exact) mass is 398 g/mol. The number of benzene rings is 2. The summed E-state index contributed by atoms with van der Waals surface area (Å²) < 4.78 is 8.84. The number of aromatic nitrogens is 3. The van der Waals surface area contributed by atoms with Crippen LogP contribution in [0.4, 0.5) is 0 Å². The van der Waals surface area contributed by atoms with Gasteiger partial charge in [0.2, 0.25) is 0 Å². The van der Waals surface area contributed by atoms with Gasteiger partial charge in [-0.3, -0.25) is 4.90 Å². The van der Waals surface area contributed by atoms with E-state index in [4.69, 9.17) is 4.74 Å². The summed E-state index contributed by atoms with van der Waals surface area (Å²) in [6.07, 6.45) is 1.85. The summed E-state index contributed by atoms with van der Waals surface area (Å²) in [5.41, 5.74) is 3.32. The normalized spacial score (nSPS) is 17.9. The molecule has 1 unspecified atom stereocenters. The van der Waals surface area contributed by atoms with Crippen molar-refractivity contribution in [2.75, 3.05) is 13.2 Å². The maximum atomic E-state index is 5.91. The van der Waals surface area contributed by atoms with Crippen molar-refractivity contribution < 1.29 is 4.74 Å². The van der Waals surface area contributed by atoms with Crippen molar-refractivity contribution in [1.82, 2.24) is 19.9 Å². The second kappa shape index (κ2) is 7.47. The van der Waals surface area contributed by atoms with Crippen molar-refractivity contribution in [3.8, 4) is 0 Å². The minimum absolute atomic E-state index is 0.128. The van der Waals surface area contributed by atoms with Gasteiger partial charge >= 0.3 is 0 Å². The van der Waals surface area contributed by atoms with Crippen LogP contribution in [0, 0.1) is 0 Å². The van der Waals surface area contributed by atoms with Gasteiger partial charge in [-0.25, -0.2) is 4.68 Å². The molecule has 5 nitrogen and oxygen atoms in total. The average molecular weight is 399 g/mol. The smallest absolute Gasteiger partial charge is 0.157 e. The molecule has 0 amide bonds. The van der Waals surface area contributed by atoms with Gasteiger partial charge in [0.25, 0.3) is 0 Å². The van der Waals surface area contributed by atoms with Crippen LogP contribution >= 0.6 is 15.9 Å². The zero-order chi connectivity index (χ0) is 17.1. The van der Waals surface area contributed by atoms with E-state index in [1.165, 1.54) is 11.1 Å². The Morgan fingerprint density at radius 2 is 1.88 bits per heavy atom. The lowest BCUT2D eigenvalue weighted by Gasteiger charge is -2.20. The lowest BCUT2D eigenvalue weighted by Crippen LogP contribution is -2.23. The molecule has 1 aliphatic heterocycles. The van der Waals surface area contributed by atoms with Gasteiger partial charge in [0.05, 0.1) is 19.3 Å². The van der Waals surface area contributed by atoms with Crippen LogP contribution in [0.3, 0.4) is 0 Å². The van der Waals surface area contributed by atoms with Gasteiger partial charge in [0, 0.05) is 17.6 Å². The first-order valence-corrected chi connectivity index (χ1v) is 9.11. The molecule has 0 saturated carbocycles. The molecule has 0 bridgehead atoms. The summed E-state index contributed by atoms with van der Waals surface area (Å²) in [5.74, 6) is 0. The second-order valence-electron chi connectivity index (χ2n) is 6.15. The summed E-state index contributed by atoms with van der Waals surface area (Å²) in [7, 11) is 0. The molecule has 0 spiro atoms. The van der Waals surface area contributed by atoms with Gasteiger partial charge in [-0.1, -0.05) is 63.6 Å². The zero-order valence-electron chi connectivity index (χ0n) is 13.8. The molecule has 1 aliphatic rings. The van der Waals surface area contributed by atoms with Crippen LogP contribution < -0.4 is 0 Å². The molecule has 25 heavy (non-hydrogen) atoms. The maximum absolute atomic E-state index is 5.91. The van der Waals surface area contributed by atoms with Crippen LogP contribution in [0.25, 0.3) is 0 Å². The Bertz CT molecular complexity index is 836. The molecular formula is C19H19BrN4O. The van der Waals surface area contributed by atoms with Gasteiger partial charge in [-0.15, -0.1) is 5.10 Å². The third-order valence-corrected chi connectivity index (χ3v) is 4.75. The number of halogens is 1. The number of rotatable bonds is 5. The molecule has 2 heterocycles. The molecule has 1 aromatic heterocycles. The number of hydrogen-bond donors (Lipinski definition) is 0. The Labute approximate surface area is 155 Å². The van der Waals surface area contributed by atoms with E-state index in [0.29, 0.717) is 6.54 Å². The Balaban J connectivity index is 1.47. The minimum atomic E-state index is -0.128. The van der Waals surface area contributed by atoms with Crippen molar-refractivity contribution in [1.29, 1.82) is 0 Å². The van der Waals surface area contributed by atoms with Crippen LogP contribution in [0.1, 0.15) is 23.0 Å². The van der Waals surface area contributed by atoms with E-state index >= 15 is 0 Å². The number of nitrogens with zero attached hydrogens (tertiary/aromatic N) is 4. The van der Waals surface area contributed by atoms with Crippen LogP contribution in [0.5, 0.6) is 0 Å². The molecule has 3 aromatic rings. The summed E-state index contributed by atoms with van der Waals surface area (Å²) in [5, 5.41) is 8.62. The molecule has 0 aliphatic carbocycles. The predicted octanol–water partition coefficient (Wildman–Crippen LogP) is 3.62. The van der Waals surface area contributed by atoms with Crippen LogP contribution in [0.2, 0.25) is 0 Å². The van der Waals surface area contributed by atoms with Crippen molar-refractivity contribution in [3.63, 3.8) is 0 Å². The fourth-order valence-electron chi connectivity index (χ4n) is 3.08. The molecule has 128 valence electrons. The second-order valence-corrected chi connectivity index (χ2v) is 7.07. The van der Waals surface area contributed by atoms with Gasteiger partial charge in [0.15, 0.2) is 6.23 Å². The summed E-state index contributed by atoms with van der Waals surface area (Å²) in [6, 6.07) is 18.7. The third kappa shape index (κ3) is 3.98. The Hall–Kier alpha value is -2.02. The molecule has 1 saturated heterocycles. The standard InChI is InChI=1S/C19H19BrN4O/c20-17-8-4-7-16(11-17)13-24-14-18(21-22-24)19-23(9-10-25-19)12-15-5-2-1-3-6-15/h1-8,11,14,19H,9-10,12-13H2. The van der Waals surface area contributed by atoms with E-state index < -0.39 is 0 Å². The average Bonchev–Trinajstić information content (AvgIpc) is 3.25. The highest BCUT2D eigenvalue weighted by Crippen LogP contribution is 2.27. The molecule has 6 heteroatoms. The first-order chi connectivity index (χ1) is 12.3. The quantitative estimate of drug-likeness (QED) is 0.658. The molecular weight excluding hydrogens is 380 g/mol. The first-order valence-electron chi connectivity index (χ1n) is 8.32. The number of hydrogen-bond acceptors (Lipinski definition) is 4. The fourth-order valence-corrected chi connectivity index (χ4v) is 3.53. The summed E-state index contributed by atoms with van der Waals surface area (Å²) in [4.78, 5) is 2.29. The van der Waals surface area contributed by atoms with Crippen molar-refractivity contribution in [2.24, 2.45) is 0 Å². The predicted molar refractivity (Wildman–Crippen MR) is 98.8 cm³/mol. The van der Waals surface area contributed by atoms with Gasteiger partial charge in [-0.05, 0) is 23.3 Å². The molecule has 1 atom stereocenters. The lowest BCUT2D eigenvalue weighted by molar-refractivity contribution is 0.0252. The molecule has 0 radical (unpaired) electrons. The van der Waals surface area contributed by atoms with Crippen molar-refractivity contribution >= 4 is 15.9 Å². The highest BCUT2D eigenvalue weighted by Gasteiger charge is 2.29. The Kier molecular flexibility index (Phi) is 4.92. The fraction of sp³-hybridized carbons (Fsp3) is 0.263. The molecule has 0 N–H and O–H groups in total. The Morgan fingerprint density at radius 3 is 2.72 bits per heavy atom. The zero-order valence-corrected chi connectivity index (χ0v) is 15.3. The van der Waals surface area contributed by atoms with Gasteiger partial charge < -0.3 is 4.74 Å².